The second-order valence-corrected chi connectivity index (χ2v) is 5.65. The molecule has 0 aliphatic carbocycles. The van der Waals surface area contributed by atoms with E-state index in [1.165, 1.54) is 24.3 Å². The number of hydrogen-bond acceptors (Lipinski definition) is 4. The first-order valence-corrected chi connectivity index (χ1v) is 7.34. The van der Waals surface area contributed by atoms with Crippen molar-refractivity contribution in [3.8, 4) is 6.07 Å². The fraction of sp³-hybridized carbons (Fsp3) is 0.105. The second kappa shape index (κ2) is 5.67. The number of anilines is 1. The van der Waals surface area contributed by atoms with Gasteiger partial charge in [-0.25, -0.2) is 4.90 Å². The van der Waals surface area contributed by atoms with Crippen molar-refractivity contribution in [2.75, 3.05) is 4.90 Å². The van der Waals surface area contributed by atoms with E-state index in [0.717, 1.165) is 16.0 Å². The van der Waals surface area contributed by atoms with E-state index in [2.05, 4.69) is 0 Å². The predicted octanol–water partition coefficient (Wildman–Crippen LogP) is 3.02. The van der Waals surface area contributed by atoms with Crippen molar-refractivity contribution in [3.63, 3.8) is 0 Å². The van der Waals surface area contributed by atoms with Crippen molar-refractivity contribution < 1.29 is 14.7 Å². The summed E-state index contributed by atoms with van der Waals surface area (Å²) in [6, 6.07) is 13.5. The van der Waals surface area contributed by atoms with Crippen LogP contribution in [-0.4, -0.2) is 16.9 Å². The molecular weight excluding hydrogens is 304 g/mol. The van der Waals surface area contributed by atoms with Crippen LogP contribution in [0, 0.1) is 25.2 Å². The molecule has 3 rings (SSSR count). The highest BCUT2D eigenvalue weighted by Crippen LogP contribution is 2.33. The number of carbonyl (C=O) groups excluding carboxylic acids is 2. The molecule has 1 heterocycles. The second-order valence-electron chi connectivity index (χ2n) is 5.65. The average molecular weight is 318 g/mol. The molecule has 2 aromatic carbocycles. The summed E-state index contributed by atoms with van der Waals surface area (Å²) in [5.74, 6) is -1.90. The number of imide groups is 1. The van der Waals surface area contributed by atoms with Gasteiger partial charge in [-0.2, -0.15) is 5.26 Å². The van der Waals surface area contributed by atoms with Crippen LogP contribution in [0.4, 0.5) is 5.69 Å². The summed E-state index contributed by atoms with van der Waals surface area (Å²) < 4.78 is 0. The number of aryl methyl sites for hydroxylation is 2. The lowest BCUT2D eigenvalue weighted by Crippen LogP contribution is -2.31. The fourth-order valence-corrected chi connectivity index (χ4v) is 2.77. The number of carbonyl (C=O) groups is 2. The molecule has 0 unspecified atom stereocenters. The summed E-state index contributed by atoms with van der Waals surface area (Å²) in [6.45, 7) is 3.75. The summed E-state index contributed by atoms with van der Waals surface area (Å²) in [5.41, 5.74) is 3.10. The SMILES string of the molecule is Cc1ccc(C2=C(O)C(=O)N(c3ccc(C#N)cc3)C2=O)c(C)c1. The Morgan fingerprint density at radius 3 is 2.25 bits per heavy atom. The topological polar surface area (TPSA) is 81.4 Å². The monoisotopic (exact) mass is 318 g/mol. The number of amides is 2. The van der Waals surface area contributed by atoms with Gasteiger partial charge in [0.05, 0.1) is 22.9 Å². The number of hydrogen-bond donors (Lipinski definition) is 1. The first-order valence-electron chi connectivity index (χ1n) is 7.34. The van der Waals surface area contributed by atoms with Crippen LogP contribution >= 0.6 is 0 Å². The molecule has 24 heavy (non-hydrogen) atoms. The molecule has 5 nitrogen and oxygen atoms in total. The minimum atomic E-state index is -0.764. The van der Waals surface area contributed by atoms with Crippen LogP contribution in [0.5, 0.6) is 0 Å². The highest BCUT2D eigenvalue weighted by Gasteiger charge is 2.40. The van der Waals surface area contributed by atoms with E-state index in [4.69, 9.17) is 5.26 Å². The van der Waals surface area contributed by atoms with Crippen molar-refractivity contribution >= 4 is 23.1 Å². The Morgan fingerprint density at radius 2 is 1.67 bits per heavy atom. The predicted molar refractivity (Wildman–Crippen MR) is 89.1 cm³/mol. The van der Waals surface area contributed by atoms with Gasteiger partial charge < -0.3 is 5.11 Å². The molecule has 0 fully saturated rings. The van der Waals surface area contributed by atoms with Gasteiger partial charge in [0, 0.05) is 0 Å². The summed E-state index contributed by atoms with van der Waals surface area (Å²) in [4.78, 5) is 26.0. The maximum absolute atomic E-state index is 12.7. The molecule has 1 N–H and O–H groups in total. The van der Waals surface area contributed by atoms with Crippen LogP contribution in [0.2, 0.25) is 0 Å². The Morgan fingerprint density at radius 1 is 1.00 bits per heavy atom. The Bertz CT molecular complexity index is 934. The lowest BCUT2D eigenvalue weighted by Gasteiger charge is -2.15. The van der Waals surface area contributed by atoms with E-state index in [9.17, 15) is 14.7 Å². The van der Waals surface area contributed by atoms with Gasteiger partial charge in [0.15, 0.2) is 5.76 Å². The highest BCUT2D eigenvalue weighted by molar-refractivity contribution is 6.45. The van der Waals surface area contributed by atoms with Crippen LogP contribution in [0.15, 0.2) is 48.2 Å². The molecule has 0 aromatic heterocycles. The van der Waals surface area contributed by atoms with Crippen molar-refractivity contribution in [3.05, 3.63) is 70.5 Å². The zero-order chi connectivity index (χ0) is 17.4. The van der Waals surface area contributed by atoms with E-state index in [1.54, 1.807) is 6.07 Å². The minimum Gasteiger partial charge on any atom is -0.502 e. The van der Waals surface area contributed by atoms with Crippen LogP contribution in [0.1, 0.15) is 22.3 Å². The Balaban J connectivity index is 2.06. The minimum absolute atomic E-state index is 0.00172. The zero-order valence-electron chi connectivity index (χ0n) is 13.2. The molecular formula is C19H14N2O3. The summed E-state index contributed by atoms with van der Waals surface area (Å²) in [6.07, 6.45) is 0. The van der Waals surface area contributed by atoms with E-state index >= 15 is 0 Å². The summed E-state index contributed by atoms with van der Waals surface area (Å²) >= 11 is 0. The van der Waals surface area contributed by atoms with Gasteiger partial charge in [-0.3, -0.25) is 9.59 Å². The molecule has 118 valence electrons. The van der Waals surface area contributed by atoms with Crippen LogP contribution in [-0.2, 0) is 9.59 Å². The van der Waals surface area contributed by atoms with Gasteiger partial charge >= 0.3 is 5.91 Å². The Labute approximate surface area is 139 Å². The molecule has 1 aliphatic heterocycles. The van der Waals surface area contributed by atoms with Gasteiger partial charge in [-0.05, 0) is 49.2 Å². The normalized spacial score (nSPS) is 14.3. The highest BCUT2D eigenvalue weighted by atomic mass is 16.3. The number of nitrogens with zero attached hydrogens (tertiary/aromatic N) is 2. The molecule has 0 saturated carbocycles. The summed E-state index contributed by atoms with van der Waals surface area (Å²) in [5, 5.41) is 19.1. The van der Waals surface area contributed by atoms with Crippen LogP contribution in [0.3, 0.4) is 0 Å². The third kappa shape index (κ3) is 2.34. The largest absolute Gasteiger partial charge is 0.502 e. The van der Waals surface area contributed by atoms with Gasteiger partial charge in [-0.15, -0.1) is 0 Å². The maximum atomic E-state index is 12.7. The smallest absolute Gasteiger partial charge is 0.301 e. The molecule has 2 amide bonds. The number of rotatable bonds is 2. The number of aliphatic hydroxyl groups is 1. The van der Waals surface area contributed by atoms with Gasteiger partial charge in [0.1, 0.15) is 0 Å². The zero-order valence-corrected chi connectivity index (χ0v) is 13.2. The Hall–Kier alpha value is -3.39. The fourth-order valence-electron chi connectivity index (χ4n) is 2.77. The third-order valence-corrected chi connectivity index (χ3v) is 3.97. The van der Waals surface area contributed by atoms with Gasteiger partial charge in [-0.1, -0.05) is 23.8 Å². The number of aliphatic hydroxyl groups excluding tert-OH is 1. The lowest BCUT2D eigenvalue weighted by atomic mass is 9.98. The number of benzene rings is 2. The molecule has 0 spiro atoms. The molecule has 0 bridgehead atoms. The Kier molecular flexibility index (Phi) is 3.66. The standard InChI is InChI=1S/C19H14N2O3/c1-11-3-8-15(12(2)9-11)16-17(22)19(24)21(18(16)23)14-6-4-13(10-20)5-7-14/h3-9,22H,1-2H3. The molecule has 0 saturated heterocycles. The van der Waals surface area contributed by atoms with E-state index in [0.29, 0.717) is 16.8 Å². The molecule has 5 heteroatoms. The van der Waals surface area contributed by atoms with Gasteiger partial charge in [0.25, 0.3) is 5.91 Å². The average Bonchev–Trinajstić information content (AvgIpc) is 2.78. The molecule has 0 radical (unpaired) electrons. The van der Waals surface area contributed by atoms with E-state index in [-0.39, 0.29) is 5.57 Å². The first-order chi connectivity index (χ1) is 11.4. The maximum Gasteiger partial charge on any atom is 0.301 e. The molecule has 0 atom stereocenters. The van der Waals surface area contributed by atoms with Gasteiger partial charge in [0.2, 0.25) is 0 Å². The quantitative estimate of drug-likeness (QED) is 0.863. The van der Waals surface area contributed by atoms with E-state index < -0.39 is 17.6 Å². The van der Waals surface area contributed by atoms with Crippen LogP contribution < -0.4 is 4.90 Å². The van der Waals surface area contributed by atoms with E-state index in [1.807, 2.05) is 32.0 Å². The summed E-state index contributed by atoms with van der Waals surface area (Å²) in [7, 11) is 0. The third-order valence-electron chi connectivity index (χ3n) is 3.97. The van der Waals surface area contributed by atoms with Crippen molar-refractivity contribution in [1.82, 2.24) is 0 Å². The van der Waals surface area contributed by atoms with Crippen molar-refractivity contribution in [2.45, 2.75) is 13.8 Å². The molecule has 2 aromatic rings. The molecule has 1 aliphatic rings. The first kappa shape index (κ1) is 15.5. The number of nitriles is 1. The van der Waals surface area contributed by atoms with Crippen LogP contribution in [0.25, 0.3) is 5.57 Å². The van der Waals surface area contributed by atoms with Crippen molar-refractivity contribution in [1.29, 1.82) is 5.26 Å². The van der Waals surface area contributed by atoms with Crippen molar-refractivity contribution in [2.24, 2.45) is 0 Å². The lowest BCUT2D eigenvalue weighted by molar-refractivity contribution is -0.121.